The Bertz CT molecular complexity index is 1110. The van der Waals surface area contributed by atoms with E-state index in [1.807, 2.05) is 17.0 Å². The van der Waals surface area contributed by atoms with Crippen molar-refractivity contribution >= 4 is 17.3 Å². The summed E-state index contributed by atoms with van der Waals surface area (Å²) >= 11 is 0. The normalized spacial score (nSPS) is 22.9. The van der Waals surface area contributed by atoms with Crippen LogP contribution in [0.3, 0.4) is 0 Å². The van der Waals surface area contributed by atoms with Crippen molar-refractivity contribution in [2.45, 2.75) is 70.3 Å². The third-order valence-corrected chi connectivity index (χ3v) is 7.84. The van der Waals surface area contributed by atoms with E-state index in [0.29, 0.717) is 13.0 Å². The van der Waals surface area contributed by atoms with Gasteiger partial charge >= 0.3 is 0 Å². The number of hydrogen-bond acceptors (Lipinski definition) is 3. The quantitative estimate of drug-likeness (QED) is 0.440. The van der Waals surface area contributed by atoms with Crippen molar-refractivity contribution < 1.29 is 9.18 Å². The van der Waals surface area contributed by atoms with Crippen LogP contribution in [0.4, 0.5) is 10.1 Å². The minimum Gasteiger partial charge on any atom is -0.324 e. The Hall–Kier alpha value is -2.79. The molecular weight excluding hydrogens is 437 g/mol. The summed E-state index contributed by atoms with van der Waals surface area (Å²) in [6, 6.07) is 17.0. The number of benzene rings is 2. The average Bonchev–Trinajstić information content (AvgIpc) is 3.56. The number of amides is 1. The number of anilines is 1. The molecule has 1 heterocycles. The van der Waals surface area contributed by atoms with Crippen LogP contribution < -0.4 is 10.6 Å². The highest BCUT2D eigenvalue weighted by atomic mass is 19.1. The summed E-state index contributed by atoms with van der Waals surface area (Å²) in [5, 5.41) is 0. The van der Waals surface area contributed by atoms with E-state index in [2.05, 4.69) is 48.3 Å². The smallest absolute Gasteiger partial charge is 0.230 e. The van der Waals surface area contributed by atoms with E-state index in [9.17, 15) is 9.18 Å². The maximum absolute atomic E-state index is 13.7. The molecule has 2 fully saturated rings. The van der Waals surface area contributed by atoms with E-state index in [-0.39, 0.29) is 23.3 Å². The van der Waals surface area contributed by atoms with E-state index < -0.39 is 5.95 Å². The average molecular weight is 474 g/mol. The lowest BCUT2D eigenvalue weighted by atomic mass is 9.97. The van der Waals surface area contributed by atoms with Crippen molar-refractivity contribution in [3.05, 3.63) is 66.1 Å². The van der Waals surface area contributed by atoms with Crippen LogP contribution in [-0.4, -0.2) is 23.7 Å². The van der Waals surface area contributed by atoms with Gasteiger partial charge in [-0.05, 0) is 73.4 Å². The zero-order valence-corrected chi connectivity index (χ0v) is 20.7. The van der Waals surface area contributed by atoms with Gasteiger partial charge in [0.05, 0.1) is 0 Å². The molecule has 5 heteroatoms. The second-order valence-corrected chi connectivity index (χ2v) is 10.6. The zero-order chi connectivity index (χ0) is 24.4. The van der Waals surface area contributed by atoms with Crippen molar-refractivity contribution in [3.8, 4) is 11.1 Å². The van der Waals surface area contributed by atoms with E-state index in [1.165, 1.54) is 17.2 Å². The van der Waals surface area contributed by atoms with Crippen LogP contribution in [0.2, 0.25) is 0 Å². The first-order valence-corrected chi connectivity index (χ1v) is 13.2. The highest BCUT2D eigenvalue weighted by molar-refractivity contribution is 6.03. The number of nitrogens with two attached hydrogens (primary N) is 1. The van der Waals surface area contributed by atoms with Crippen molar-refractivity contribution in [2.75, 3.05) is 11.4 Å². The van der Waals surface area contributed by atoms with E-state index in [4.69, 9.17) is 5.73 Å². The van der Waals surface area contributed by atoms with Gasteiger partial charge in [-0.2, -0.15) is 4.39 Å². The zero-order valence-electron chi connectivity index (χ0n) is 20.7. The summed E-state index contributed by atoms with van der Waals surface area (Å²) in [4.78, 5) is 19.7. The molecule has 1 amide bonds. The lowest BCUT2D eigenvalue weighted by Gasteiger charge is -2.33. The van der Waals surface area contributed by atoms with E-state index in [1.54, 1.807) is 0 Å². The van der Waals surface area contributed by atoms with Gasteiger partial charge in [-0.1, -0.05) is 62.6 Å². The Morgan fingerprint density at radius 3 is 2.37 bits per heavy atom. The molecule has 2 atom stereocenters. The van der Waals surface area contributed by atoms with Crippen molar-refractivity contribution in [2.24, 2.45) is 22.6 Å². The molecule has 3 aliphatic rings. The number of nitrogens with zero attached hydrogens (tertiary/aromatic N) is 2. The fourth-order valence-electron chi connectivity index (χ4n) is 5.72. The first-order chi connectivity index (χ1) is 17.0. The molecule has 0 radical (unpaired) electrons. The van der Waals surface area contributed by atoms with Gasteiger partial charge in [0.25, 0.3) is 0 Å². The van der Waals surface area contributed by atoms with Crippen molar-refractivity contribution in [3.63, 3.8) is 0 Å². The molecule has 2 saturated carbocycles. The predicted molar refractivity (Wildman–Crippen MR) is 141 cm³/mol. The Balaban J connectivity index is 1.36. The molecule has 0 saturated heterocycles. The van der Waals surface area contributed by atoms with Crippen LogP contribution >= 0.6 is 0 Å². The van der Waals surface area contributed by atoms with Gasteiger partial charge in [0.1, 0.15) is 0 Å². The van der Waals surface area contributed by atoms with E-state index in [0.717, 1.165) is 68.3 Å². The number of allylic oxidation sites excluding steroid dienone is 1. The summed E-state index contributed by atoms with van der Waals surface area (Å²) in [6.45, 7) is 2.72. The fraction of sp³-hybridized carbons (Fsp3) is 0.467. The molecule has 2 N–H and O–H groups in total. The number of hydrogen-bond donors (Lipinski definition) is 1. The predicted octanol–water partition coefficient (Wildman–Crippen LogP) is 6.59. The van der Waals surface area contributed by atoms with Gasteiger partial charge in [0, 0.05) is 35.3 Å². The second kappa shape index (κ2) is 10.1. The van der Waals surface area contributed by atoms with Crippen LogP contribution in [-0.2, 0) is 11.2 Å². The highest BCUT2D eigenvalue weighted by Crippen LogP contribution is 2.44. The molecule has 2 aliphatic carbocycles. The van der Waals surface area contributed by atoms with Crippen LogP contribution in [0.25, 0.3) is 11.1 Å². The molecular formula is C30H36FN3O. The SMILES string of the molecule is CCCc1ccc(-c2ccc(N(CC3(N)CCCC3)C(=O)[C@H]3C[C@@H]3C3=NC(F)=CCC3)cc2)cc1. The van der Waals surface area contributed by atoms with Gasteiger partial charge in [-0.25, -0.2) is 4.99 Å². The van der Waals surface area contributed by atoms with E-state index >= 15 is 0 Å². The van der Waals surface area contributed by atoms with Gasteiger partial charge in [0.2, 0.25) is 11.9 Å². The Morgan fingerprint density at radius 1 is 1.09 bits per heavy atom. The highest BCUT2D eigenvalue weighted by Gasteiger charge is 2.49. The maximum atomic E-state index is 13.7. The third kappa shape index (κ3) is 5.40. The maximum Gasteiger partial charge on any atom is 0.230 e. The fourth-order valence-corrected chi connectivity index (χ4v) is 5.72. The standard InChI is InChI=1S/C30H36FN3O/c1-2-6-21-9-11-22(12-10-21)23-13-15-24(16-14-23)34(20-30(32)17-3-4-18-30)29(35)26-19-25(26)27-7-5-8-28(31)33-27/h8-16,25-26H,2-7,17-20,32H2,1H3/t25-,26-/m0/s1. The molecule has 5 rings (SSSR count). The molecule has 2 aromatic rings. The lowest BCUT2D eigenvalue weighted by Crippen LogP contribution is -2.51. The summed E-state index contributed by atoms with van der Waals surface area (Å²) in [6.07, 6.45) is 10.0. The molecule has 0 aromatic heterocycles. The summed E-state index contributed by atoms with van der Waals surface area (Å²) in [5.74, 6) is -0.384. The number of aliphatic imine (C=N–C) groups is 1. The molecule has 0 spiro atoms. The number of carbonyl (C=O) groups is 1. The molecule has 1 aliphatic heterocycles. The number of rotatable bonds is 8. The second-order valence-electron chi connectivity index (χ2n) is 10.6. The summed E-state index contributed by atoms with van der Waals surface area (Å²) < 4.78 is 13.7. The van der Waals surface area contributed by atoms with Gasteiger partial charge in [-0.15, -0.1) is 0 Å². The summed E-state index contributed by atoms with van der Waals surface area (Å²) in [5.41, 5.74) is 11.8. The minimum atomic E-state index is -0.411. The number of aryl methyl sites for hydroxylation is 1. The first-order valence-electron chi connectivity index (χ1n) is 13.2. The van der Waals surface area contributed by atoms with Gasteiger partial charge in [-0.3, -0.25) is 4.79 Å². The molecule has 184 valence electrons. The Morgan fingerprint density at radius 2 is 1.74 bits per heavy atom. The molecule has 0 unspecified atom stereocenters. The van der Waals surface area contributed by atoms with Crippen LogP contribution in [0.15, 0.2) is 65.6 Å². The monoisotopic (exact) mass is 473 g/mol. The topological polar surface area (TPSA) is 58.7 Å². The van der Waals surface area contributed by atoms with Gasteiger partial charge in [0.15, 0.2) is 0 Å². The molecule has 4 nitrogen and oxygen atoms in total. The Kier molecular flexibility index (Phi) is 6.88. The first kappa shape index (κ1) is 23.9. The summed E-state index contributed by atoms with van der Waals surface area (Å²) in [7, 11) is 0. The lowest BCUT2D eigenvalue weighted by molar-refractivity contribution is -0.120. The largest absolute Gasteiger partial charge is 0.324 e. The number of halogens is 1. The van der Waals surface area contributed by atoms with Crippen molar-refractivity contribution in [1.29, 1.82) is 0 Å². The van der Waals surface area contributed by atoms with Crippen molar-refractivity contribution in [1.82, 2.24) is 0 Å². The van der Waals surface area contributed by atoms with Crippen LogP contribution in [0.1, 0.15) is 63.9 Å². The third-order valence-electron chi connectivity index (χ3n) is 7.84. The number of carbonyl (C=O) groups excluding carboxylic acids is 1. The minimum absolute atomic E-state index is 0.0580. The molecule has 2 aromatic carbocycles. The molecule has 0 bridgehead atoms. The Labute approximate surface area is 208 Å². The van der Waals surface area contributed by atoms with Crippen LogP contribution in [0, 0.1) is 11.8 Å². The van der Waals surface area contributed by atoms with Crippen LogP contribution in [0.5, 0.6) is 0 Å². The van der Waals surface area contributed by atoms with Gasteiger partial charge < -0.3 is 10.6 Å². The molecule has 35 heavy (non-hydrogen) atoms.